The fraction of sp³-hybridized carbons (Fsp3) is 0.400. The van der Waals surface area contributed by atoms with Crippen molar-refractivity contribution in [1.29, 1.82) is 5.41 Å². The van der Waals surface area contributed by atoms with Crippen molar-refractivity contribution < 1.29 is 14.2 Å². The van der Waals surface area contributed by atoms with E-state index in [2.05, 4.69) is 10.3 Å². The summed E-state index contributed by atoms with van der Waals surface area (Å²) in [5, 5.41) is 20.5. The number of rotatable bonds is 7. The van der Waals surface area contributed by atoms with Gasteiger partial charge in [0.2, 0.25) is 5.90 Å². The lowest BCUT2D eigenvalue weighted by Gasteiger charge is -2.25. The van der Waals surface area contributed by atoms with Crippen LogP contribution in [0.25, 0.3) is 0 Å². The molecule has 0 spiro atoms. The van der Waals surface area contributed by atoms with Gasteiger partial charge in [0, 0.05) is 18.9 Å². The zero-order chi connectivity index (χ0) is 19.3. The van der Waals surface area contributed by atoms with Gasteiger partial charge >= 0.3 is 0 Å². The molecular weight excluding hydrogens is 333 g/mol. The Bertz CT molecular complexity index is 764. The maximum absolute atomic E-state index is 14.3. The molecule has 140 valence electrons. The minimum Gasteiger partial charge on any atom is -0.493 e. The number of ether oxygens (including phenoxy) is 1. The molecule has 1 aliphatic heterocycles. The number of aliphatic hydroxyl groups is 1. The molecular formula is C20H26FN3O2. The SMILES string of the molecule is Cc1cc(CN/C=C2\C(=N)C=CN=C2O)ccc1OCC(C)(F)C(C)C. The first kappa shape index (κ1) is 19.7. The highest BCUT2D eigenvalue weighted by molar-refractivity contribution is 6.25. The number of aliphatic imine (C=N–C) groups is 1. The zero-order valence-corrected chi connectivity index (χ0v) is 15.6. The van der Waals surface area contributed by atoms with Gasteiger partial charge in [-0.15, -0.1) is 0 Å². The molecule has 1 heterocycles. The number of halogens is 1. The number of alkyl halides is 1. The molecule has 1 aliphatic rings. The van der Waals surface area contributed by atoms with Crippen LogP contribution < -0.4 is 10.1 Å². The summed E-state index contributed by atoms with van der Waals surface area (Å²) in [5.74, 6) is 0.373. The van der Waals surface area contributed by atoms with E-state index in [0.29, 0.717) is 17.9 Å². The van der Waals surface area contributed by atoms with Crippen molar-refractivity contribution in [2.75, 3.05) is 6.61 Å². The summed E-state index contributed by atoms with van der Waals surface area (Å²) in [6.45, 7) is 7.68. The smallest absolute Gasteiger partial charge is 0.221 e. The first-order valence-electron chi connectivity index (χ1n) is 8.58. The van der Waals surface area contributed by atoms with Crippen LogP contribution >= 0.6 is 0 Å². The van der Waals surface area contributed by atoms with Gasteiger partial charge in [0.15, 0.2) is 0 Å². The molecule has 1 aromatic carbocycles. The molecule has 0 saturated heterocycles. The Morgan fingerprint density at radius 3 is 2.77 bits per heavy atom. The maximum atomic E-state index is 14.3. The molecule has 26 heavy (non-hydrogen) atoms. The van der Waals surface area contributed by atoms with Crippen molar-refractivity contribution in [1.82, 2.24) is 5.32 Å². The van der Waals surface area contributed by atoms with Crippen LogP contribution in [0, 0.1) is 18.3 Å². The Labute approximate surface area is 153 Å². The molecule has 5 nitrogen and oxygen atoms in total. The van der Waals surface area contributed by atoms with Crippen molar-refractivity contribution >= 4 is 11.6 Å². The molecule has 1 atom stereocenters. The van der Waals surface area contributed by atoms with Gasteiger partial charge in [0.25, 0.3) is 0 Å². The van der Waals surface area contributed by atoms with E-state index in [0.717, 1.165) is 11.1 Å². The van der Waals surface area contributed by atoms with E-state index in [4.69, 9.17) is 10.1 Å². The van der Waals surface area contributed by atoms with Crippen LogP contribution in [0.1, 0.15) is 31.9 Å². The third kappa shape index (κ3) is 4.94. The number of aliphatic hydroxyl groups excluding tert-OH is 1. The molecule has 0 aliphatic carbocycles. The van der Waals surface area contributed by atoms with Crippen molar-refractivity contribution in [2.45, 2.75) is 39.9 Å². The fourth-order valence-corrected chi connectivity index (χ4v) is 2.24. The highest BCUT2D eigenvalue weighted by Gasteiger charge is 2.28. The van der Waals surface area contributed by atoms with Gasteiger partial charge < -0.3 is 15.2 Å². The Balaban J connectivity index is 1.96. The van der Waals surface area contributed by atoms with Crippen molar-refractivity contribution in [3.05, 3.63) is 53.4 Å². The van der Waals surface area contributed by atoms with Crippen LogP contribution in [-0.2, 0) is 6.54 Å². The summed E-state index contributed by atoms with van der Waals surface area (Å²) in [5.41, 5.74) is 1.10. The quantitative estimate of drug-likeness (QED) is 0.681. The van der Waals surface area contributed by atoms with Crippen LogP contribution in [0.2, 0.25) is 0 Å². The first-order valence-corrected chi connectivity index (χ1v) is 8.58. The van der Waals surface area contributed by atoms with Gasteiger partial charge in [-0.1, -0.05) is 26.0 Å². The first-order chi connectivity index (χ1) is 12.2. The molecule has 2 rings (SSSR count). The summed E-state index contributed by atoms with van der Waals surface area (Å²) < 4.78 is 20.0. The van der Waals surface area contributed by atoms with Gasteiger partial charge in [-0.25, -0.2) is 9.38 Å². The summed E-state index contributed by atoms with van der Waals surface area (Å²) in [4.78, 5) is 3.76. The normalized spacial score (nSPS) is 18.0. The predicted octanol–water partition coefficient (Wildman–Crippen LogP) is 4.24. The third-order valence-corrected chi connectivity index (χ3v) is 4.47. The number of nitrogens with zero attached hydrogens (tertiary/aromatic N) is 1. The predicted molar refractivity (Wildman–Crippen MR) is 103 cm³/mol. The van der Waals surface area contributed by atoms with Crippen molar-refractivity contribution in [2.24, 2.45) is 10.9 Å². The van der Waals surface area contributed by atoms with Crippen LogP contribution in [-0.4, -0.2) is 29.0 Å². The highest BCUT2D eigenvalue weighted by atomic mass is 19.1. The summed E-state index contributed by atoms with van der Waals surface area (Å²) >= 11 is 0. The molecule has 6 heteroatoms. The molecule has 0 amide bonds. The Morgan fingerprint density at radius 2 is 2.15 bits per heavy atom. The molecule has 0 radical (unpaired) electrons. The van der Waals surface area contributed by atoms with Gasteiger partial charge in [-0.3, -0.25) is 5.41 Å². The average molecular weight is 359 g/mol. The third-order valence-electron chi connectivity index (χ3n) is 4.47. The largest absolute Gasteiger partial charge is 0.493 e. The van der Waals surface area contributed by atoms with E-state index in [9.17, 15) is 9.50 Å². The van der Waals surface area contributed by atoms with Crippen molar-refractivity contribution in [3.63, 3.8) is 0 Å². The number of nitrogens with one attached hydrogen (secondary N) is 2. The minimum absolute atomic E-state index is 0.0173. The van der Waals surface area contributed by atoms with Crippen LogP contribution in [0.3, 0.4) is 0 Å². The highest BCUT2D eigenvalue weighted by Crippen LogP contribution is 2.25. The lowest BCUT2D eigenvalue weighted by molar-refractivity contribution is 0.0577. The van der Waals surface area contributed by atoms with Crippen molar-refractivity contribution in [3.8, 4) is 5.75 Å². The van der Waals surface area contributed by atoms with E-state index in [1.54, 1.807) is 13.1 Å². The lowest BCUT2D eigenvalue weighted by atomic mass is 9.96. The molecule has 1 unspecified atom stereocenters. The fourth-order valence-electron chi connectivity index (χ4n) is 2.24. The lowest BCUT2D eigenvalue weighted by Crippen LogP contribution is -2.33. The molecule has 0 bridgehead atoms. The molecule has 3 N–H and O–H groups in total. The second-order valence-electron chi connectivity index (χ2n) is 6.94. The van der Waals surface area contributed by atoms with E-state index < -0.39 is 5.67 Å². The summed E-state index contributed by atoms with van der Waals surface area (Å²) in [6.07, 6.45) is 4.47. The number of hydrogen-bond donors (Lipinski definition) is 3. The number of hydrogen-bond acceptors (Lipinski definition) is 4. The van der Waals surface area contributed by atoms with Crippen LogP contribution in [0.4, 0.5) is 4.39 Å². The molecule has 1 aromatic rings. The summed E-state index contributed by atoms with van der Waals surface area (Å²) in [6, 6.07) is 5.70. The molecule has 0 saturated carbocycles. The maximum Gasteiger partial charge on any atom is 0.221 e. The number of allylic oxidation sites excluding steroid dienone is 1. The number of benzene rings is 1. The zero-order valence-electron chi connectivity index (χ0n) is 15.6. The van der Waals surface area contributed by atoms with Gasteiger partial charge in [0.1, 0.15) is 18.0 Å². The Morgan fingerprint density at radius 1 is 1.42 bits per heavy atom. The van der Waals surface area contributed by atoms with Crippen LogP contribution in [0.5, 0.6) is 5.75 Å². The van der Waals surface area contributed by atoms with Gasteiger partial charge in [0.05, 0.1) is 11.3 Å². The van der Waals surface area contributed by atoms with E-state index in [1.165, 1.54) is 12.3 Å². The Hall–Kier alpha value is -2.63. The standard InChI is InChI=1S/C20H26FN3O2/c1-13(2)20(4,21)12-26-18-6-5-15(9-14(18)3)10-23-11-16-17(22)7-8-24-19(16)25/h5-9,11,13,22-23H,10,12H2,1-4H3,(H,24,25)/b16-11+,22-17?. The van der Waals surface area contributed by atoms with E-state index >= 15 is 0 Å². The van der Waals surface area contributed by atoms with E-state index in [1.807, 2.05) is 39.0 Å². The second kappa shape index (κ2) is 8.17. The minimum atomic E-state index is -1.37. The molecule has 0 aromatic heterocycles. The topological polar surface area (TPSA) is 77.7 Å². The monoisotopic (exact) mass is 359 g/mol. The second-order valence-corrected chi connectivity index (χ2v) is 6.94. The van der Waals surface area contributed by atoms with Gasteiger partial charge in [-0.05, 0) is 43.0 Å². The van der Waals surface area contributed by atoms with Gasteiger partial charge in [-0.2, -0.15) is 0 Å². The van der Waals surface area contributed by atoms with E-state index in [-0.39, 0.29) is 24.1 Å². The van der Waals surface area contributed by atoms with Crippen LogP contribution in [0.15, 0.2) is 47.2 Å². The molecule has 0 fully saturated rings. The number of aryl methyl sites for hydroxylation is 1. The average Bonchev–Trinajstić information content (AvgIpc) is 2.56. The summed E-state index contributed by atoms with van der Waals surface area (Å²) in [7, 11) is 0. The Kier molecular flexibility index (Phi) is 6.18.